The molecule has 2 aromatic heterocycles. The van der Waals surface area contributed by atoms with E-state index in [4.69, 9.17) is 5.73 Å². The summed E-state index contributed by atoms with van der Waals surface area (Å²) in [6.07, 6.45) is 4.35. The predicted octanol–water partition coefficient (Wildman–Crippen LogP) is 1.91. The van der Waals surface area contributed by atoms with Gasteiger partial charge >= 0.3 is 0 Å². The Hall–Kier alpha value is -2.94. The summed E-state index contributed by atoms with van der Waals surface area (Å²) in [6.45, 7) is 0. The number of carbonyl (C=O) groups is 1. The van der Waals surface area contributed by atoms with E-state index in [1.54, 1.807) is 24.3 Å². The monoisotopic (exact) mass is 396 g/mol. The lowest BCUT2D eigenvalue weighted by Crippen LogP contribution is -2.57. The van der Waals surface area contributed by atoms with Gasteiger partial charge in [-0.3, -0.25) is 4.79 Å². The summed E-state index contributed by atoms with van der Waals surface area (Å²) in [5.41, 5.74) is 6.84. The molecule has 1 amide bonds. The summed E-state index contributed by atoms with van der Waals surface area (Å²) in [4.78, 5) is 19.3. The molecule has 0 radical (unpaired) electrons. The van der Waals surface area contributed by atoms with Gasteiger partial charge in [0, 0.05) is 33.2 Å². The largest absolute Gasteiger partial charge is 0.373 e. The van der Waals surface area contributed by atoms with Crippen LogP contribution in [0.2, 0.25) is 0 Å². The first kappa shape index (κ1) is 19.4. The summed E-state index contributed by atoms with van der Waals surface area (Å²) < 4.78 is 0. The van der Waals surface area contributed by atoms with Crippen LogP contribution in [0.5, 0.6) is 0 Å². The van der Waals surface area contributed by atoms with Gasteiger partial charge in [-0.25, -0.2) is 4.98 Å². The van der Waals surface area contributed by atoms with Crippen molar-refractivity contribution in [2.24, 2.45) is 11.1 Å². The molecule has 2 aromatic rings. The highest BCUT2D eigenvalue weighted by Crippen LogP contribution is 2.55. The van der Waals surface area contributed by atoms with Crippen LogP contribution >= 0.6 is 0 Å². The first-order chi connectivity index (χ1) is 13.9. The van der Waals surface area contributed by atoms with Crippen molar-refractivity contribution in [2.75, 3.05) is 42.0 Å². The third-order valence-corrected chi connectivity index (χ3v) is 5.84. The van der Waals surface area contributed by atoms with Gasteiger partial charge in [-0.2, -0.15) is 0 Å². The summed E-state index contributed by atoms with van der Waals surface area (Å²) in [6, 6.07) is 7.76. The Bertz CT molecular complexity index is 884. The lowest BCUT2D eigenvalue weighted by atomic mass is 9.52. The van der Waals surface area contributed by atoms with E-state index in [9.17, 15) is 4.79 Å². The van der Waals surface area contributed by atoms with Crippen molar-refractivity contribution in [3.63, 3.8) is 0 Å². The number of hydrogen-bond donors (Lipinski definition) is 4. The molecule has 5 N–H and O–H groups in total. The molecule has 2 fully saturated rings. The molecule has 2 heterocycles. The second-order valence-corrected chi connectivity index (χ2v) is 8.39. The molecule has 2 aliphatic rings. The highest BCUT2D eigenvalue weighted by molar-refractivity contribution is 6.07. The number of hydrogen-bond acceptors (Lipinski definition) is 8. The number of anilines is 4. The van der Waals surface area contributed by atoms with Crippen LogP contribution in [0.1, 0.15) is 36.0 Å². The van der Waals surface area contributed by atoms with Crippen molar-refractivity contribution in [1.82, 2.24) is 15.2 Å². The molecule has 0 saturated heterocycles. The van der Waals surface area contributed by atoms with Crippen LogP contribution in [0.4, 0.5) is 23.3 Å². The Morgan fingerprint density at radius 3 is 2.41 bits per heavy atom. The van der Waals surface area contributed by atoms with E-state index in [1.807, 2.05) is 26.0 Å². The lowest BCUT2D eigenvalue weighted by molar-refractivity contribution is 0.00110. The minimum Gasteiger partial charge on any atom is -0.373 e. The molecule has 9 heteroatoms. The van der Waals surface area contributed by atoms with E-state index in [2.05, 4.69) is 31.1 Å². The predicted molar refractivity (Wildman–Crippen MR) is 114 cm³/mol. The van der Waals surface area contributed by atoms with Crippen LogP contribution < -0.4 is 26.6 Å². The van der Waals surface area contributed by atoms with Crippen molar-refractivity contribution in [3.8, 4) is 0 Å². The van der Waals surface area contributed by atoms with E-state index < -0.39 is 0 Å². The van der Waals surface area contributed by atoms with Gasteiger partial charge in [-0.1, -0.05) is 0 Å². The van der Waals surface area contributed by atoms with Crippen molar-refractivity contribution in [3.05, 3.63) is 29.8 Å². The fourth-order valence-corrected chi connectivity index (χ4v) is 4.37. The average Bonchev–Trinajstić information content (AvgIpc) is 2.65. The van der Waals surface area contributed by atoms with Gasteiger partial charge < -0.3 is 26.6 Å². The lowest BCUT2D eigenvalue weighted by Gasteiger charge is -2.57. The zero-order valence-corrected chi connectivity index (χ0v) is 17.1. The number of carbonyl (C=O) groups excluding carboxylic acids is 1. The number of aromatic nitrogens is 3. The molecule has 154 valence electrons. The number of pyridine rings is 1. The van der Waals surface area contributed by atoms with Gasteiger partial charge in [0.1, 0.15) is 11.6 Å². The average molecular weight is 396 g/mol. The van der Waals surface area contributed by atoms with Crippen LogP contribution in [0.15, 0.2) is 24.3 Å². The Morgan fingerprint density at radius 1 is 1.10 bits per heavy atom. The molecule has 2 aliphatic carbocycles. The third-order valence-electron chi connectivity index (χ3n) is 5.84. The molecule has 0 aliphatic heterocycles. The summed E-state index contributed by atoms with van der Waals surface area (Å²) in [5.74, 6) is 2.14. The quantitative estimate of drug-likeness (QED) is 0.584. The van der Waals surface area contributed by atoms with E-state index in [0.29, 0.717) is 40.5 Å². The second-order valence-electron chi connectivity index (χ2n) is 8.39. The van der Waals surface area contributed by atoms with Crippen LogP contribution in [-0.2, 0) is 0 Å². The molecule has 0 atom stereocenters. The number of nitrogens with one attached hydrogen (secondary N) is 3. The zero-order valence-electron chi connectivity index (χ0n) is 17.1. The Kier molecular flexibility index (Phi) is 4.99. The number of nitrogens with zero attached hydrogens (tertiary/aromatic N) is 4. The van der Waals surface area contributed by atoms with E-state index >= 15 is 0 Å². The maximum absolute atomic E-state index is 12.9. The molecule has 0 unspecified atom stereocenters. The summed E-state index contributed by atoms with van der Waals surface area (Å²) >= 11 is 0. The maximum atomic E-state index is 12.9. The zero-order chi connectivity index (χ0) is 20.6. The highest BCUT2D eigenvalue weighted by atomic mass is 16.1. The van der Waals surface area contributed by atoms with Crippen molar-refractivity contribution in [2.45, 2.75) is 37.8 Å². The number of rotatable bonds is 6. The maximum Gasteiger partial charge on any atom is 0.260 e. The van der Waals surface area contributed by atoms with Crippen LogP contribution in [0, 0.1) is 5.41 Å². The normalized spacial score (nSPS) is 25.0. The van der Waals surface area contributed by atoms with Gasteiger partial charge in [0.25, 0.3) is 5.91 Å². The first-order valence-electron chi connectivity index (χ1n) is 9.91. The fraction of sp³-hybridized carbons (Fsp3) is 0.500. The Balaban J connectivity index is 1.46. The summed E-state index contributed by atoms with van der Waals surface area (Å²) in [5, 5.41) is 17.5. The summed E-state index contributed by atoms with van der Waals surface area (Å²) in [7, 11) is 5.58. The van der Waals surface area contributed by atoms with Crippen molar-refractivity contribution >= 4 is 29.2 Å². The van der Waals surface area contributed by atoms with Gasteiger partial charge in [-0.05, 0) is 55.4 Å². The standard InChI is InChI=1S/C20H28N8O/c1-22-15-5-4-14(19(29)25-16-6-7-17(27-26-16)28(2)3)18(24-15)23-13-10-20(11-13)8-12(21)9-20/h4-7,12-13H,8-11,21H2,1-3H3,(H2,22,23,24)(H,25,26,29). The molecular formula is C20H28N8O. The minimum absolute atomic E-state index is 0.269. The molecule has 0 bridgehead atoms. The fourth-order valence-electron chi connectivity index (χ4n) is 4.37. The van der Waals surface area contributed by atoms with E-state index in [-0.39, 0.29) is 5.91 Å². The Labute approximate surface area is 170 Å². The smallest absolute Gasteiger partial charge is 0.260 e. The van der Waals surface area contributed by atoms with Crippen molar-refractivity contribution in [1.29, 1.82) is 0 Å². The molecule has 0 aromatic carbocycles. The second kappa shape index (κ2) is 7.47. The Morgan fingerprint density at radius 2 is 1.83 bits per heavy atom. The minimum atomic E-state index is -0.269. The van der Waals surface area contributed by atoms with E-state index in [0.717, 1.165) is 31.5 Å². The molecule has 2 saturated carbocycles. The third kappa shape index (κ3) is 3.95. The molecule has 9 nitrogen and oxygen atoms in total. The van der Waals surface area contributed by atoms with Crippen LogP contribution in [0.25, 0.3) is 0 Å². The number of nitrogens with two attached hydrogens (primary N) is 1. The van der Waals surface area contributed by atoms with E-state index in [1.165, 1.54) is 0 Å². The molecular weight excluding hydrogens is 368 g/mol. The topological polar surface area (TPSA) is 121 Å². The highest BCUT2D eigenvalue weighted by Gasteiger charge is 2.51. The van der Waals surface area contributed by atoms with Crippen molar-refractivity contribution < 1.29 is 4.79 Å². The molecule has 4 rings (SSSR count). The van der Waals surface area contributed by atoms with Gasteiger partial charge in [-0.15, -0.1) is 10.2 Å². The van der Waals surface area contributed by atoms with Gasteiger partial charge in [0.15, 0.2) is 11.6 Å². The number of amides is 1. The van der Waals surface area contributed by atoms with Crippen LogP contribution in [0.3, 0.4) is 0 Å². The molecule has 29 heavy (non-hydrogen) atoms. The SMILES string of the molecule is CNc1ccc(C(=O)Nc2ccc(N(C)C)nn2)c(NC2CC3(CC(N)C3)C2)n1. The van der Waals surface area contributed by atoms with Crippen LogP contribution in [-0.4, -0.2) is 54.3 Å². The van der Waals surface area contributed by atoms with Gasteiger partial charge in [0.05, 0.1) is 5.56 Å². The molecule has 1 spiro atoms. The van der Waals surface area contributed by atoms with Gasteiger partial charge in [0.2, 0.25) is 0 Å². The first-order valence-corrected chi connectivity index (χ1v) is 9.91.